The van der Waals surface area contributed by atoms with E-state index in [0.29, 0.717) is 12.0 Å². The smallest absolute Gasteiger partial charge is 0.145 e. The minimum atomic E-state index is -0.394. The predicted octanol–water partition coefficient (Wildman–Crippen LogP) is 4.04. The van der Waals surface area contributed by atoms with E-state index in [1.165, 1.54) is 6.07 Å². The molecule has 2 aromatic carbocycles. The van der Waals surface area contributed by atoms with Gasteiger partial charge in [0.1, 0.15) is 11.6 Å². The molecule has 4 heteroatoms. The van der Waals surface area contributed by atoms with Gasteiger partial charge in [-0.15, -0.1) is 0 Å². The number of methoxy groups -OCH3 is 1. The van der Waals surface area contributed by atoms with Crippen LogP contribution >= 0.6 is 11.6 Å². The van der Waals surface area contributed by atoms with E-state index >= 15 is 0 Å². The van der Waals surface area contributed by atoms with E-state index in [9.17, 15) is 4.39 Å². The van der Waals surface area contributed by atoms with Crippen LogP contribution < -0.4 is 10.5 Å². The van der Waals surface area contributed by atoms with Crippen molar-refractivity contribution in [2.45, 2.75) is 19.4 Å². The van der Waals surface area contributed by atoms with Gasteiger partial charge in [-0.2, -0.15) is 0 Å². The minimum absolute atomic E-state index is 0.126. The minimum Gasteiger partial charge on any atom is -0.496 e. The molecule has 0 aliphatic carbocycles. The number of rotatable bonds is 4. The molecule has 0 heterocycles. The van der Waals surface area contributed by atoms with Gasteiger partial charge in [0.25, 0.3) is 0 Å². The first-order valence-corrected chi connectivity index (χ1v) is 6.73. The topological polar surface area (TPSA) is 35.2 Å². The van der Waals surface area contributed by atoms with Crippen molar-refractivity contribution in [2.75, 3.05) is 7.11 Å². The lowest BCUT2D eigenvalue weighted by Crippen LogP contribution is -2.14. The van der Waals surface area contributed by atoms with Crippen LogP contribution in [0.3, 0.4) is 0 Å². The first-order valence-electron chi connectivity index (χ1n) is 6.36. The van der Waals surface area contributed by atoms with Crippen LogP contribution in [0, 0.1) is 12.7 Å². The Hall–Kier alpha value is -1.58. The number of halogens is 2. The van der Waals surface area contributed by atoms with Crippen LogP contribution in [0.5, 0.6) is 5.75 Å². The summed E-state index contributed by atoms with van der Waals surface area (Å²) in [6, 6.07) is 10.4. The summed E-state index contributed by atoms with van der Waals surface area (Å²) in [4.78, 5) is 0. The molecule has 2 N–H and O–H groups in total. The van der Waals surface area contributed by atoms with Crippen LogP contribution in [0.1, 0.15) is 22.7 Å². The zero-order valence-corrected chi connectivity index (χ0v) is 12.2. The molecule has 0 saturated heterocycles. The third kappa shape index (κ3) is 3.11. The molecule has 0 saturated carbocycles. The predicted molar refractivity (Wildman–Crippen MR) is 79.8 cm³/mol. The maximum absolute atomic E-state index is 13.9. The van der Waals surface area contributed by atoms with Gasteiger partial charge in [-0.3, -0.25) is 0 Å². The van der Waals surface area contributed by atoms with E-state index in [1.54, 1.807) is 19.2 Å². The normalized spacial score (nSPS) is 12.2. The molecule has 2 aromatic rings. The van der Waals surface area contributed by atoms with Gasteiger partial charge in [-0.25, -0.2) is 4.39 Å². The Labute approximate surface area is 123 Å². The van der Waals surface area contributed by atoms with Gasteiger partial charge in [-0.1, -0.05) is 35.9 Å². The van der Waals surface area contributed by atoms with Crippen LogP contribution in [0.25, 0.3) is 0 Å². The summed E-state index contributed by atoms with van der Waals surface area (Å²) in [5.41, 5.74) is 8.64. The Morgan fingerprint density at radius 3 is 2.70 bits per heavy atom. The highest BCUT2D eigenvalue weighted by molar-refractivity contribution is 6.30. The lowest BCUT2D eigenvalue weighted by molar-refractivity contribution is 0.411. The molecule has 0 amide bonds. The monoisotopic (exact) mass is 293 g/mol. The summed E-state index contributed by atoms with van der Waals surface area (Å²) in [5.74, 6) is 0.421. The highest BCUT2D eigenvalue weighted by Crippen LogP contribution is 2.25. The molecule has 0 fully saturated rings. The number of nitrogens with two attached hydrogens (primary N) is 1. The van der Waals surface area contributed by atoms with Gasteiger partial charge in [0.05, 0.1) is 12.1 Å². The average Bonchev–Trinajstić information content (AvgIpc) is 2.43. The van der Waals surface area contributed by atoms with E-state index < -0.39 is 5.82 Å². The maximum atomic E-state index is 13.9. The van der Waals surface area contributed by atoms with E-state index in [4.69, 9.17) is 22.1 Å². The first kappa shape index (κ1) is 14.8. The molecule has 0 aromatic heterocycles. The number of ether oxygens (including phenoxy) is 1. The molecule has 0 radical (unpaired) electrons. The zero-order chi connectivity index (χ0) is 14.7. The van der Waals surface area contributed by atoms with Crippen molar-refractivity contribution < 1.29 is 9.13 Å². The molecule has 0 bridgehead atoms. The van der Waals surface area contributed by atoms with E-state index in [-0.39, 0.29) is 11.1 Å². The molecule has 0 aliphatic heterocycles. The Morgan fingerprint density at radius 1 is 1.30 bits per heavy atom. The summed E-state index contributed by atoms with van der Waals surface area (Å²) in [5, 5.41) is 0.126. The van der Waals surface area contributed by atoms with Gasteiger partial charge in [0.2, 0.25) is 0 Å². The number of hydrogen-bond donors (Lipinski definition) is 1. The van der Waals surface area contributed by atoms with Gasteiger partial charge in [0.15, 0.2) is 0 Å². The van der Waals surface area contributed by atoms with E-state index in [0.717, 1.165) is 16.9 Å². The summed E-state index contributed by atoms with van der Waals surface area (Å²) in [7, 11) is 1.63. The Kier molecular flexibility index (Phi) is 4.63. The standard InChI is InChI=1S/C16H17ClFNO/c1-10-8-11(6-7-15(10)20-2)14(19)9-12-4-3-5-13(17)16(12)18/h3-8,14H,9,19H2,1-2H3. The zero-order valence-electron chi connectivity index (χ0n) is 11.5. The number of hydrogen-bond acceptors (Lipinski definition) is 2. The fourth-order valence-electron chi connectivity index (χ4n) is 2.19. The summed E-state index contributed by atoms with van der Waals surface area (Å²) in [6.07, 6.45) is 0.401. The van der Waals surface area contributed by atoms with Crippen molar-refractivity contribution in [1.82, 2.24) is 0 Å². The summed E-state index contributed by atoms with van der Waals surface area (Å²) >= 11 is 5.78. The molecule has 20 heavy (non-hydrogen) atoms. The Morgan fingerprint density at radius 2 is 2.05 bits per heavy atom. The Bertz CT molecular complexity index is 615. The average molecular weight is 294 g/mol. The van der Waals surface area contributed by atoms with E-state index in [1.807, 2.05) is 25.1 Å². The van der Waals surface area contributed by atoms with Crippen LogP contribution in [0.2, 0.25) is 5.02 Å². The van der Waals surface area contributed by atoms with Crippen molar-refractivity contribution in [2.24, 2.45) is 5.73 Å². The molecule has 2 nitrogen and oxygen atoms in total. The van der Waals surface area contributed by atoms with Crippen molar-refractivity contribution in [1.29, 1.82) is 0 Å². The van der Waals surface area contributed by atoms with Gasteiger partial charge in [0, 0.05) is 6.04 Å². The lowest BCUT2D eigenvalue weighted by Gasteiger charge is -2.15. The third-order valence-electron chi connectivity index (χ3n) is 3.32. The first-order chi connectivity index (χ1) is 9.52. The van der Waals surface area contributed by atoms with Gasteiger partial charge < -0.3 is 10.5 Å². The summed E-state index contributed by atoms with van der Waals surface area (Å²) in [6.45, 7) is 1.95. The molecular weight excluding hydrogens is 277 g/mol. The van der Waals surface area contributed by atoms with Crippen LogP contribution in [-0.2, 0) is 6.42 Å². The second-order valence-electron chi connectivity index (χ2n) is 4.75. The number of aryl methyl sites for hydroxylation is 1. The highest BCUT2D eigenvalue weighted by Gasteiger charge is 2.13. The fourth-order valence-corrected chi connectivity index (χ4v) is 2.39. The SMILES string of the molecule is COc1ccc(C(N)Cc2cccc(Cl)c2F)cc1C. The molecule has 2 rings (SSSR count). The quantitative estimate of drug-likeness (QED) is 0.923. The van der Waals surface area contributed by atoms with Crippen molar-refractivity contribution in [3.8, 4) is 5.75 Å². The largest absolute Gasteiger partial charge is 0.496 e. The lowest BCUT2D eigenvalue weighted by atomic mass is 9.98. The van der Waals surface area contributed by atoms with Gasteiger partial charge >= 0.3 is 0 Å². The van der Waals surface area contributed by atoms with Crippen molar-refractivity contribution in [3.05, 3.63) is 63.9 Å². The van der Waals surface area contributed by atoms with Crippen molar-refractivity contribution in [3.63, 3.8) is 0 Å². The van der Waals surface area contributed by atoms with Crippen LogP contribution in [0.15, 0.2) is 36.4 Å². The second-order valence-corrected chi connectivity index (χ2v) is 5.16. The maximum Gasteiger partial charge on any atom is 0.145 e. The molecular formula is C16H17ClFNO. The molecule has 1 unspecified atom stereocenters. The van der Waals surface area contributed by atoms with Gasteiger partial charge in [-0.05, 0) is 42.2 Å². The van der Waals surface area contributed by atoms with Crippen LogP contribution in [-0.4, -0.2) is 7.11 Å². The fraction of sp³-hybridized carbons (Fsp3) is 0.250. The summed E-state index contributed by atoms with van der Waals surface area (Å²) < 4.78 is 19.1. The number of benzene rings is 2. The third-order valence-corrected chi connectivity index (χ3v) is 3.61. The highest BCUT2D eigenvalue weighted by atomic mass is 35.5. The van der Waals surface area contributed by atoms with E-state index in [2.05, 4.69) is 0 Å². The van der Waals surface area contributed by atoms with Crippen molar-refractivity contribution >= 4 is 11.6 Å². The second kappa shape index (κ2) is 6.25. The Balaban J connectivity index is 2.21. The molecule has 0 spiro atoms. The van der Waals surface area contributed by atoms with Crippen LogP contribution in [0.4, 0.5) is 4.39 Å². The molecule has 0 aliphatic rings. The molecule has 1 atom stereocenters. The molecule has 106 valence electrons.